The SMILES string of the molecule is CCS(=O)(=O)c1ccnc(-c2nc(C(F)(F)F)c[nH]2)c1-c1ccccc1. The first-order valence-corrected chi connectivity index (χ1v) is 9.29. The fourth-order valence-corrected chi connectivity index (χ4v) is 3.62. The van der Waals surface area contributed by atoms with Crippen LogP contribution >= 0.6 is 0 Å². The van der Waals surface area contributed by atoms with Gasteiger partial charge in [-0.1, -0.05) is 37.3 Å². The van der Waals surface area contributed by atoms with Crippen LogP contribution in [0.5, 0.6) is 0 Å². The van der Waals surface area contributed by atoms with Crippen LogP contribution in [0.15, 0.2) is 53.7 Å². The van der Waals surface area contributed by atoms with Gasteiger partial charge in [0.25, 0.3) is 0 Å². The average molecular weight is 381 g/mol. The van der Waals surface area contributed by atoms with Crippen molar-refractivity contribution in [3.05, 3.63) is 54.5 Å². The Balaban J connectivity index is 2.30. The maximum Gasteiger partial charge on any atom is 0.434 e. The van der Waals surface area contributed by atoms with E-state index in [2.05, 4.69) is 15.0 Å². The summed E-state index contributed by atoms with van der Waals surface area (Å²) in [5.41, 5.74) is -0.316. The van der Waals surface area contributed by atoms with Crippen molar-refractivity contribution in [3.8, 4) is 22.6 Å². The summed E-state index contributed by atoms with van der Waals surface area (Å²) in [7, 11) is -3.63. The predicted molar refractivity (Wildman–Crippen MR) is 90.0 cm³/mol. The lowest BCUT2D eigenvalue weighted by molar-refractivity contribution is -0.140. The van der Waals surface area contributed by atoms with Gasteiger partial charge in [0.1, 0.15) is 5.69 Å². The monoisotopic (exact) mass is 381 g/mol. The Hall–Kier alpha value is -2.68. The lowest BCUT2D eigenvalue weighted by Crippen LogP contribution is -2.08. The molecule has 0 aliphatic rings. The molecule has 0 atom stereocenters. The number of H-pyrrole nitrogens is 1. The number of hydrogen-bond donors (Lipinski definition) is 1. The number of nitrogens with zero attached hydrogens (tertiary/aromatic N) is 2. The highest BCUT2D eigenvalue weighted by molar-refractivity contribution is 7.91. The van der Waals surface area contributed by atoms with Crippen LogP contribution < -0.4 is 0 Å². The molecule has 2 heterocycles. The van der Waals surface area contributed by atoms with Crippen molar-refractivity contribution in [3.63, 3.8) is 0 Å². The molecule has 3 aromatic rings. The van der Waals surface area contributed by atoms with Gasteiger partial charge in [-0.25, -0.2) is 13.4 Å². The topological polar surface area (TPSA) is 75.7 Å². The molecule has 0 spiro atoms. The number of pyridine rings is 1. The van der Waals surface area contributed by atoms with E-state index in [4.69, 9.17) is 0 Å². The number of sulfone groups is 1. The van der Waals surface area contributed by atoms with Gasteiger partial charge < -0.3 is 4.98 Å². The molecule has 0 unspecified atom stereocenters. The summed E-state index contributed by atoms with van der Waals surface area (Å²) in [4.78, 5) is 10.1. The number of benzene rings is 1. The zero-order valence-corrected chi connectivity index (χ0v) is 14.4. The summed E-state index contributed by atoms with van der Waals surface area (Å²) >= 11 is 0. The van der Waals surface area contributed by atoms with E-state index in [1.54, 1.807) is 30.3 Å². The maximum absolute atomic E-state index is 12.9. The van der Waals surface area contributed by atoms with Crippen LogP contribution in [-0.4, -0.2) is 29.1 Å². The Morgan fingerprint density at radius 3 is 2.38 bits per heavy atom. The van der Waals surface area contributed by atoms with Crippen molar-refractivity contribution >= 4 is 9.84 Å². The normalized spacial score (nSPS) is 12.3. The fraction of sp³-hybridized carbons (Fsp3) is 0.176. The van der Waals surface area contributed by atoms with E-state index >= 15 is 0 Å². The molecule has 2 aromatic heterocycles. The highest BCUT2D eigenvalue weighted by atomic mass is 32.2. The Kier molecular flexibility index (Phi) is 4.57. The fourth-order valence-electron chi connectivity index (χ4n) is 2.51. The number of rotatable bonds is 4. The second kappa shape index (κ2) is 6.56. The molecular formula is C17H14F3N3O2S. The highest BCUT2D eigenvalue weighted by Gasteiger charge is 2.34. The summed E-state index contributed by atoms with van der Waals surface area (Å²) in [6.07, 6.45) is -2.64. The first kappa shape index (κ1) is 18.1. The Morgan fingerprint density at radius 1 is 1.12 bits per heavy atom. The minimum atomic E-state index is -4.62. The molecule has 3 rings (SSSR count). The summed E-state index contributed by atoms with van der Waals surface area (Å²) < 4.78 is 63.6. The first-order chi connectivity index (χ1) is 12.2. The molecule has 0 aliphatic heterocycles. The predicted octanol–water partition coefficient (Wildman–Crippen LogP) is 3.95. The molecule has 0 saturated heterocycles. The molecule has 5 nitrogen and oxygen atoms in total. The van der Waals surface area contributed by atoms with Crippen LogP contribution in [-0.2, 0) is 16.0 Å². The number of aromatic nitrogens is 3. The molecule has 9 heteroatoms. The van der Waals surface area contributed by atoms with E-state index in [0.29, 0.717) is 5.56 Å². The van der Waals surface area contributed by atoms with E-state index in [1.807, 2.05) is 0 Å². The number of nitrogens with one attached hydrogen (secondary N) is 1. The standard InChI is InChI=1S/C17H14F3N3O2S/c1-2-26(24,25)12-8-9-21-15(14(12)11-6-4-3-5-7-11)16-22-10-13(23-16)17(18,19)20/h3-10H,2H2,1H3,(H,22,23). The van der Waals surface area contributed by atoms with Gasteiger partial charge in [-0.05, 0) is 11.6 Å². The van der Waals surface area contributed by atoms with Gasteiger partial charge in [-0.3, -0.25) is 4.98 Å². The lowest BCUT2D eigenvalue weighted by atomic mass is 10.0. The van der Waals surface area contributed by atoms with Crippen molar-refractivity contribution in [1.82, 2.24) is 15.0 Å². The molecule has 0 radical (unpaired) electrons. The number of aromatic amines is 1. The molecule has 26 heavy (non-hydrogen) atoms. The largest absolute Gasteiger partial charge is 0.434 e. The summed E-state index contributed by atoms with van der Waals surface area (Å²) in [6, 6.07) is 9.85. The van der Waals surface area contributed by atoms with Gasteiger partial charge in [0.05, 0.1) is 10.6 Å². The van der Waals surface area contributed by atoms with Gasteiger partial charge >= 0.3 is 6.18 Å². The molecule has 0 bridgehead atoms. The smallest absolute Gasteiger partial charge is 0.343 e. The van der Waals surface area contributed by atoms with Crippen LogP contribution in [0.3, 0.4) is 0 Å². The zero-order valence-electron chi connectivity index (χ0n) is 13.6. The molecule has 0 saturated carbocycles. The second-order valence-electron chi connectivity index (χ2n) is 5.43. The van der Waals surface area contributed by atoms with Crippen LogP contribution in [0.4, 0.5) is 13.2 Å². The number of alkyl halides is 3. The van der Waals surface area contributed by atoms with Crippen LogP contribution in [0.2, 0.25) is 0 Å². The van der Waals surface area contributed by atoms with Gasteiger partial charge in [-0.15, -0.1) is 0 Å². The Bertz CT molecular complexity index is 1030. The minimum Gasteiger partial charge on any atom is -0.343 e. The van der Waals surface area contributed by atoms with Crippen LogP contribution in [0.1, 0.15) is 12.6 Å². The highest BCUT2D eigenvalue weighted by Crippen LogP contribution is 2.36. The molecule has 0 fully saturated rings. The van der Waals surface area contributed by atoms with Gasteiger partial charge in [0, 0.05) is 18.0 Å². The quantitative estimate of drug-likeness (QED) is 0.742. The third-order valence-electron chi connectivity index (χ3n) is 3.78. The third-order valence-corrected chi connectivity index (χ3v) is 5.55. The molecule has 0 aliphatic carbocycles. The van der Waals surface area contributed by atoms with E-state index in [-0.39, 0.29) is 27.7 Å². The van der Waals surface area contributed by atoms with E-state index in [1.165, 1.54) is 19.2 Å². The molecule has 1 aromatic carbocycles. The van der Waals surface area contributed by atoms with Crippen molar-refractivity contribution < 1.29 is 21.6 Å². The van der Waals surface area contributed by atoms with Crippen molar-refractivity contribution in [2.24, 2.45) is 0 Å². The lowest BCUT2D eigenvalue weighted by Gasteiger charge is -2.13. The van der Waals surface area contributed by atoms with Crippen molar-refractivity contribution in [2.45, 2.75) is 18.0 Å². The first-order valence-electron chi connectivity index (χ1n) is 7.64. The minimum absolute atomic E-state index is 0.00107. The summed E-state index contributed by atoms with van der Waals surface area (Å²) in [5, 5.41) is 0. The van der Waals surface area contributed by atoms with Crippen molar-refractivity contribution in [2.75, 3.05) is 5.75 Å². The van der Waals surface area contributed by atoms with Crippen molar-refractivity contribution in [1.29, 1.82) is 0 Å². The van der Waals surface area contributed by atoms with Crippen LogP contribution in [0, 0.1) is 0 Å². The third kappa shape index (κ3) is 3.34. The second-order valence-corrected chi connectivity index (χ2v) is 7.68. The van der Waals surface area contributed by atoms with Gasteiger partial charge in [-0.2, -0.15) is 13.2 Å². The Morgan fingerprint density at radius 2 is 1.81 bits per heavy atom. The van der Waals surface area contributed by atoms with Crippen LogP contribution in [0.25, 0.3) is 22.6 Å². The number of imidazole rings is 1. The van der Waals surface area contributed by atoms with Gasteiger partial charge in [0.2, 0.25) is 0 Å². The maximum atomic E-state index is 12.9. The molecule has 136 valence electrons. The zero-order chi connectivity index (χ0) is 18.9. The van der Waals surface area contributed by atoms with E-state index in [0.717, 1.165) is 6.20 Å². The molecule has 1 N–H and O–H groups in total. The van der Waals surface area contributed by atoms with E-state index in [9.17, 15) is 21.6 Å². The number of hydrogen-bond acceptors (Lipinski definition) is 4. The Labute approximate surface area is 147 Å². The number of halogens is 3. The molecule has 0 amide bonds. The average Bonchev–Trinajstić information content (AvgIpc) is 3.12. The summed E-state index contributed by atoms with van der Waals surface area (Å²) in [5.74, 6) is -0.299. The summed E-state index contributed by atoms with van der Waals surface area (Å²) in [6.45, 7) is 1.50. The van der Waals surface area contributed by atoms with Gasteiger partial charge in [0.15, 0.2) is 21.4 Å². The van der Waals surface area contributed by atoms with E-state index < -0.39 is 21.7 Å². The molecular weight excluding hydrogens is 367 g/mol.